The number of barbiturate groups is 1. The van der Waals surface area contributed by atoms with Crippen LogP contribution < -0.4 is 15.0 Å². The second kappa shape index (κ2) is 10.3. The number of ether oxygens (including phenoxy) is 1. The summed E-state index contributed by atoms with van der Waals surface area (Å²) in [6.45, 7) is 6.25. The van der Waals surface area contributed by atoms with Crippen molar-refractivity contribution in [1.29, 1.82) is 0 Å². The number of hydrogen-bond acceptors (Lipinski definition) is 4. The first-order valence-electron chi connectivity index (χ1n) is 12.1. The Morgan fingerprint density at radius 2 is 1.63 bits per heavy atom. The van der Waals surface area contributed by atoms with Gasteiger partial charge in [-0.1, -0.05) is 75.6 Å². The first-order chi connectivity index (χ1) is 18.2. The van der Waals surface area contributed by atoms with Gasteiger partial charge >= 0.3 is 6.03 Å². The Morgan fingerprint density at radius 1 is 0.895 bits per heavy atom. The molecule has 0 spiro atoms. The number of urea groups is 1. The molecule has 4 aromatic rings. The standard InChI is InChI=1S/C31H25BrN2O4/c1-18-12-19(2)14-21(13-18)17-38-28-11-8-22-6-4-5-7-24(22)25(28)16-26-29(35)33-31(37)34(30(26)36)23-9-10-27(32)20(3)15-23/h4-16H,17H2,1-3H3,(H,33,35,37)/b26-16-. The van der Waals surface area contributed by atoms with Gasteiger partial charge in [0, 0.05) is 10.0 Å². The zero-order chi connectivity index (χ0) is 27.0. The smallest absolute Gasteiger partial charge is 0.335 e. The Hall–Kier alpha value is -4.23. The monoisotopic (exact) mass is 568 g/mol. The van der Waals surface area contributed by atoms with Crippen molar-refractivity contribution in [2.75, 3.05) is 4.90 Å². The molecule has 0 unspecified atom stereocenters. The normalized spacial score (nSPS) is 14.8. The van der Waals surface area contributed by atoms with Crippen molar-refractivity contribution in [3.63, 3.8) is 0 Å². The fourth-order valence-corrected chi connectivity index (χ4v) is 4.91. The van der Waals surface area contributed by atoms with Gasteiger partial charge in [0.05, 0.1) is 5.69 Å². The van der Waals surface area contributed by atoms with Crippen LogP contribution >= 0.6 is 15.9 Å². The lowest BCUT2D eigenvalue weighted by Gasteiger charge is -2.27. The highest BCUT2D eigenvalue weighted by molar-refractivity contribution is 9.10. The minimum absolute atomic E-state index is 0.155. The fraction of sp³-hybridized carbons (Fsp3) is 0.129. The Kier molecular flexibility index (Phi) is 6.87. The minimum atomic E-state index is -0.789. The quantitative estimate of drug-likeness (QED) is 0.213. The Morgan fingerprint density at radius 3 is 2.37 bits per heavy atom. The van der Waals surface area contributed by atoms with E-state index < -0.39 is 17.8 Å². The molecule has 1 fully saturated rings. The van der Waals surface area contributed by atoms with Crippen molar-refractivity contribution >= 4 is 56.3 Å². The van der Waals surface area contributed by atoms with Gasteiger partial charge in [0.2, 0.25) is 0 Å². The van der Waals surface area contributed by atoms with E-state index in [0.717, 1.165) is 42.4 Å². The first-order valence-corrected chi connectivity index (χ1v) is 12.9. The number of aryl methyl sites for hydroxylation is 3. The van der Waals surface area contributed by atoms with Crippen LogP contribution in [0.15, 0.2) is 82.8 Å². The van der Waals surface area contributed by atoms with Gasteiger partial charge in [-0.15, -0.1) is 0 Å². The summed E-state index contributed by atoms with van der Waals surface area (Å²) in [5, 5.41) is 4.06. The van der Waals surface area contributed by atoms with E-state index in [-0.39, 0.29) is 5.57 Å². The number of halogens is 1. The molecule has 1 N–H and O–H groups in total. The lowest BCUT2D eigenvalue weighted by atomic mass is 9.99. The highest BCUT2D eigenvalue weighted by Gasteiger charge is 2.37. The van der Waals surface area contributed by atoms with Crippen molar-refractivity contribution in [2.24, 2.45) is 0 Å². The van der Waals surface area contributed by atoms with Crippen LogP contribution in [0.2, 0.25) is 0 Å². The van der Waals surface area contributed by atoms with E-state index in [1.54, 1.807) is 18.2 Å². The Balaban J connectivity index is 1.58. The summed E-state index contributed by atoms with van der Waals surface area (Å²) in [5.41, 5.74) is 4.95. The molecule has 38 heavy (non-hydrogen) atoms. The number of benzene rings is 4. The minimum Gasteiger partial charge on any atom is -0.488 e. The van der Waals surface area contributed by atoms with Gasteiger partial charge in [-0.05, 0) is 73.0 Å². The molecule has 1 saturated heterocycles. The van der Waals surface area contributed by atoms with Gasteiger partial charge in [-0.2, -0.15) is 0 Å². The molecule has 5 rings (SSSR count). The molecular weight excluding hydrogens is 544 g/mol. The molecule has 1 aliphatic heterocycles. The molecule has 190 valence electrons. The predicted octanol–water partition coefficient (Wildman–Crippen LogP) is 6.77. The number of hydrogen-bond donors (Lipinski definition) is 1. The summed E-state index contributed by atoms with van der Waals surface area (Å²) < 4.78 is 7.09. The van der Waals surface area contributed by atoms with E-state index in [2.05, 4.69) is 39.4 Å². The third-order valence-corrected chi connectivity index (χ3v) is 7.29. The van der Waals surface area contributed by atoms with E-state index in [1.807, 2.05) is 57.2 Å². The number of nitrogens with zero attached hydrogens (tertiary/aromatic N) is 1. The van der Waals surface area contributed by atoms with Crippen LogP contribution in [0.3, 0.4) is 0 Å². The molecule has 0 aliphatic carbocycles. The summed E-state index contributed by atoms with van der Waals surface area (Å²) >= 11 is 3.44. The van der Waals surface area contributed by atoms with Gasteiger partial charge in [0.1, 0.15) is 17.9 Å². The van der Waals surface area contributed by atoms with Gasteiger partial charge in [0.15, 0.2) is 0 Å². The van der Waals surface area contributed by atoms with E-state index in [4.69, 9.17) is 4.74 Å². The molecule has 0 radical (unpaired) electrons. The van der Waals surface area contributed by atoms with Gasteiger partial charge in [-0.3, -0.25) is 14.9 Å². The van der Waals surface area contributed by atoms with E-state index in [0.29, 0.717) is 23.6 Å². The summed E-state index contributed by atoms with van der Waals surface area (Å²) in [7, 11) is 0. The average Bonchev–Trinajstić information content (AvgIpc) is 2.87. The Bertz CT molecular complexity index is 1640. The molecule has 0 aromatic heterocycles. The molecule has 4 aromatic carbocycles. The van der Waals surface area contributed by atoms with Crippen LogP contribution in [-0.2, 0) is 16.2 Å². The molecule has 4 amide bonds. The second-order valence-corrected chi connectivity index (χ2v) is 10.2. The van der Waals surface area contributed by atoms with Crippen molar-refractivity contribution in [3.8, 4) is 5.75 Å². The van der Waals surface area contributed by atoms with Crippen molar-refractivity contribution in [3.05, 3.63) is 111 Å². The highest BCUT2D eigenvalue weighted by Crippen LogP contribution is 2.33. The number of carbonyl (C=O) groups is 3. The van der Waals surface area contributed by atoms with Gasteiger partial charge < -0.3 is 4.74 Å². The molecule has 1 aliphatic rings. The summed E-state index contributed by atoms with van der Waals surface area (Å²) in [6.07, 6.45) is 1.52. The number of rotatable bonds is 5. The number of imide groups is 2. The van der Waals surface area contributed by atoms with Crippen molar-refractivity contribution < 1.29 is 19.1 Å². The maximum absolute atomic E-state index is 13.6. The van der Waals surface area contributed by atoms with Gasteiger partial charge in [-0.25, -0.2) is 9.69 Å². The van der Waals surface area contributed by atoms with Crippen LogP contribution in [0, 0.1) is 20.8 Å². The number of carbonyl (C=O) groups excluding carboxylic acids is 3. The number of anilines is 1. The third kappa shape index (κ3) is 4.97. The predicted molar refractivity (Wildman–Crippen MR) is 152 cm³/mol. The average molecular weight is 569 g/mol. The lowest BCUT2D eigenvalue weighted by molar-refractivity contribution is -0.122. The topological polar surface area (TPSA) is 75.7 Å². The van der Waals surface area contributed by atoms with Crippen molar-refractivity contribution in [1.82, 2.24) is 5.32 Å². The van der Waals surface area contributed by atoms with Crippen LogP contribution in [0.5, 0.6) is 5.75 Å². The van der Waals surface area contributed by atoms with E-state index in [1.165, 1.54) is 6.08 Å². The largest absolute Gasteiger partial charge is 0.488 e. The second-order valence-electron chi connectivity index (χ2n) is 9.37. The molecule has 6 nitrogen and oxygen atoms in total. The molecule has 1 heterocycles. The van der Waals surface area contributed by atoms with Crippen molar-refractivity contribution in [2.45, 2.75) is 27.4 Å². The SMILES string of the molecule is Cc1cc(C)cc(COc2ccc3ccccc3c2/C=C2/C(=O)NC(=O)N(c3ccc(Br)c(C)c3)C2=O)c1. The third-order valence-electron chi connectivity index (χ3n) is 6.40. The Labute approximate surface area is 229 Å². The fourth-order valence-electron chi connectivity index (χ4n) is 4.67. The summed E-state index contributed by atoms with van der Waals surface area (Å²) in [6, 6.07) is 22.0. The van der Waals surface area contributed by atoms with Crippen LogP contribution in [-0.4, -0.2) is 17.8 Å². The molecule has 0 atom stereocenters. The summed E-state index contributed by atoms with van der Waals surface area (Å²) in [5.74, 6) is -0.925. The van der Waals surface area contributed by atoms with Gasteiger partial charge in [0.25, 0.3) is 11.8 Å². The molecule has 0 bridgehead atoms. The molecule has 0 saturated carbocycles. The maximum Gasteiger partial charge on any atom is 0.335 e. The maximum atomic E-state index is 13.6. The molecule has 7 heteroatoms. The number of nitrogens with one attached hydrogen (secondary N) is 1. The zero-order valence-corrected chi connectivity index (χ0v) is 22.8. The zero-order valence-electron chi connectivity index (χ0n) is 21.2. The van der Waals surface area contributed by atoms with E-state index >= 15 is 0 Å². The first kappa shape index (κ1) is 25.4. The van der Waals surface area contributed by atoms with Crippen LogP contribution in [0.4, 0.5) is 10.5 Å². The van der Waals surface area contributed by atoms with Crippen LogP contribution in [0.1, 0.15) is 27.8 Å². The highest BCUT2D eigenvalue weighted by atomic mass is 79.9. The lowest BCUT2D eigenvalue weighted by Crippen LogP contribution is -2.54. The summed E-state index contributed by atoms with van der Waals surface area (Å²) in [4.78, 5) is 40.2. The molecular formula is C31H25BrN2O4. The van der Waals surface area contributed by atoms with E-state index in [9.17, 15) is 14.4 Å². The van der Waals surface area contributed by atoms with Crippen LogP contribution in [0.25, 0.3) is 16.8 Å². The number of amides is 4. The number of fused-ring (bicyclic) bond motifs is 1.